The van der Waals surface area contributed by atoms with Crippen LogP contribution < -0.4 is 10.9 Å². The molecule has 128 valence electrons. The van der Waals surface area contributed by atoms with E-state index >= 15 is 0 Å². The predicted octanol–water partition coefficient (Wildman–Crippen LogP) is 3.36. The summed E-state index contributed by atoms with van der Waals surface area (Å²) < 4.78 is 37.4. The van der Waals surface area contributed by atoms with Gasteiger partial charge in [0.05, 0.1) is 11.3 Å². The SMILES string of the molecule is C1CC2CCC1N2.O=c1ccc(-c2cccc(C(F)(F)F)c2)n[nH]1. The maximum absolute atomic E-state index is 12.5. The van der Waals surface area contributed by atoms with Crippen LogP contribution in [0, 0.1) is 0 Å². The van der Waals surface area contributed by atoms with Crippen molar-refractivity contribution < 1.29 is 13.2 Å². The molecule has 0 saturated carbocycles. The zero-order chi connectivity index (χ0) is 17.2. The Morgan fingerprint density at radius 2 is 1.67 bits per heavy atom. The Morgan fingerprint density at radius 1 is 1.00 bits per heavy atom. The Balaban J connectivity index is 0.000000198. The lowest BCUT2D eigenvalue weighted by Crippen LogP contribution is -2.17. The van der Waals surface area contributed by atoms with Gasteiger partial charge in [0.2, 0.25) is 0 Å². The number of nitrogens with one attached hydrogen (secondary N) is 2. The average Bonchev–Trinajstić information content (AvgIpc) is 3.21. The van der Waals surface area contributed by atoms with Crippen LogP contribution in [0.1, 0.15) is 31.2 Å². The van der Waals surface area contributed by atoms with E-state index in [-0.39, 0.29) is 5.69 Å². The van der Waals surface area contributed by atoms with E-state index in [0.717, 1.165) is 24.2 Å². The minimum Gasteiger partial charge on any atom is -0.311 e. The van der Waals surface area contributed by atoms with E-state index in [0.29, 0.717) is 5.56 Å². The molecule has 0 amide bonds. The van der Waals surface area contributed by atoms with E-state index < -0.39 is 17.3 Å². The fourth-order valence-corrected chi connectivity index (χ4v) is 3.12. The highest BCUT2D eigenvalue weighted by Crippen LogP contribution is 2.31. The molecule has 2 bridgehead atoms. The van der Waals surface area contributed by atoms with E-state index in [1.165, 1.54) is 49.9 Å². The summed E-state index contributed by atoms with van der Waals surface area (Å²) in [5.74, 6) is 0. The van der Waals surface area contributed by atoms with Gasteiger partial charge in [0, 0.05) is 23.7 Å². The number of aromatic amines is 1. The lowest BCUT2D eigenvalue weighted by atomic mass is 10.0. The van der Waals surface area contributed by atoms with Gasteiger partial charge in [-0.15, -0.1) is 0 Å². The summed E-state index contributed by atoms with van der Waals surface area (Å²) in [7, 11) is 0. The van der Waals surface area contributed by atoms with Crippen LogP contribution in [0.25, 0.3) is 11.3 Å². The highest BCUT2D eigenvalue weighted by Gasteiger charge is 2.30. The second-order valence-electron chi connectivity index (χ2n) is 6.10. The van der Waals surface area contributed by atoms with Crippen molar-refractivity contribution >= 4 is 0 Å². The standard InChI is InChI=1S/C11H7F3N2O.C6H11N/c12-11(13,14)8-3-1-2-7(6-8)9-4-5-10(17)16-15-9;1-2-6-4-3-5(1)7-6/h1-6H,(H,16,17);5-7H,1-4H2. The smallest absolute Gasteiger partial charge is 0.311 e. The first-order chi connectivity index (χ1) is 11.4. The van der Waals surface area contributed by atoms with Crippen molar-refractivity contribution in [1.29, 1.82) is 0 Å². The number of hydrogen-bond donors (Lipinski definition) is 2. The van der Waals surface area contributed by atoms with Gasteiger partial charge in [-0.05, 0) is 43.9 Å². The molecule has 0 aliphatic carbocycles. The second-order valence-corrected chi connectivity index (χ2v) is 6.10. The molecule has 2 aliphatic heterocycles. The summed E-state index contributed by atoms with van der Waals surface area (Å²) in [6, 6.07) is 9.18. The van der Waals surface area contributed by atoms with E-state index in [2.05, 4.69) is 15.5 Å². The fourth-order valence-electron chi connectivity index (χ4n) is 3.12. The van der Waals surface area contributed by atoms with Gasteiger partial charge in [-0.25, -0.2) is 5.10 Å². The molecular formula is C17H18F3N3O. The summed E-state index contributed by atoms with van der Waals surface area (Å²) in [5, 5.41) is 9.36. The number of alkyl halides is 3. The minimum atomic E-state index is -4.39. The molecule has 0 atom stereocenters. The van der Waals surface area contributed by atoms with Gasteiger partial charge in [-0.1, -0.05) is 12.1 Å². The lowest BCUT2D eigenvalue weighted by Gasteiger charge is -2.07. The molecule has 0 unspecified atom stereocenters. The van der Waals surface area contributed by atoms with Gasteiger partial charge in [0.15, 0.2) is 0 Å². The summed E-state index contributed by atoms with van der Waals surface area (Å²) in [4.78, 5) is 10.8. The van der Waals surface area contributed by atoms with Gasteiger partial charge in [-0.2, -0.15) is 18.3 Å². The van der Waals surface area contributed by atoms with E-state index in [1.54, 1.807) is 0 Å². The number of halogens is 3. The van der Waals surface area contributed by atoms with Crippen molar-refractivity contribution in [3.05, 3.63) is 52.3 Å². The molecule has 4 nitrogen and oxygen atoms in total. The summed E-state index contributed by atoms with van der Waals surface area (Å²) in [5.41, 5.74) is -0.560. The zero-order valence-electron chi connectivity index (χ0n) is 12.9. The molecule has 0 radical (unpaired) electrons. The molecule has 2 aliphatic rings. The number of hydrogen-bond acceptors (Lipinski definition) is 3. The van der Waals surface area contributed by atoms with Crippen molar-refractivity contribution in [2.24, 2.45) is 0 Å². The van der Waals surface area contributed by atoms with Crippen LogP contribution in [-0.2, 0) is 6.18 Å². The first-order valence-corrected chi connectivity index (χ1v) is 7.91. The summed E-state index contributed by atoms with van der Waals surface area (Å²) in [6.45, 7) is 0. The molecule has 2 saturated heterocycles. The van der Waals surface area contributed by atoms with Crippen molar-refractivity contribution in [2.75, 3.05) is 0 Å². The first kappa shape index (κ1) is 16.7. The molecule has 0 spiro atoms. The van der Waals surface area contributed by atoms with Gasteiger partial charge in [-0.3, -0.25) is 4.79 Å². The zero-order valence-corrected chi connectivity index (χ0v) is 12.9. The van der Waals surface area contributed by atoms with E-state index in [9.17, 15) is 18.0 Å². The largest absolute Gasteiger partial charge is 0.416 e. The van der Waals surface area contributed by atoms with Crippen LogP contribution >= 0.6 is 0 Å². The van der Waals surface area contributed by atoms with Crippen molar-refractivity contribution in [3.63, 3.8) is 0 Å². The molecule has 4 rings (SSSR count). The quantitative estimate of drug-likeness (QED) is 0.839. The fraction of sp³-hybridized carbons (Fsp3) is 0.412. The van der Waals surface area contributed by atoms with Crippen LogP contribution in [0.5, 0.6) is 0 Å². The van der Waals surface area contributed by atoms with Crippen LogP contribution in [0.3, 0.4) is 0 Å². The second kappa shape index (κ2) is 6.76. The maximum Gasteiger partial charge on any atom is 0.416 e. The minimum absolute atomic E-state index is 0.288. The Morgan fingerprint density at radius 3 is 2.12 bits per heavy atom. The molecule has 1 aromatic carbocycles. The Labute approximate surface area is 137 Å². The van der Waals surface area contributed by atoms with Gasteiger partial charge in [0.25, 0.3) is 5.56 Å². The molecule has 1 aromatic heterocycles. The molecular weight excluding hydrogens is 319 g/mol. The van der Waals surface area contributed by atoms with Gasteiger partial charge >= 0.3 is 6.18 Å². The van der Waals surface area contributed by atoms with Gasteiger partial charge < -0.3 is 5.32 Å². The molecule has 7 heteroatoms. The third-order valence-electron chi connectivity index (χ3n) is 4.36. The third kappa shape index (κ3) is 4.03. The molecule has 2 fully saturated rings. The summed E-state index contributed by atoms with van der Waals surface area (Å²) >= 11 is 0. The lowest BCUT2D eigenvalue weighted by molar-refractivity contribution is -0.137. The number of nitrogens with zero attached hydrogens (tertiary/aromatic N) is 1. The van der Waals surface area contributed by atoms with E-state index in [1.807, 2.05) is 0 Å². The predicted molar refractivity (Wildman–Crippen MR) is 84.5 cm³/mol. The van der Waals surface area contributed by atoms with Gasteiger partial charge in [0.1, 0.15) is 0 Å². The Kier molecular flexibility index (Phi) is 4.71. The van der Waals surface area contributed by atoms with Crippen LogP contribution in [-0.4, -0.2) is 22.3 Å². The maximum atomic E-state index is 12.5. The number of benzene rings is 1. The topological polar surface area (TPSA) is 57.8 Å². The number of aromatic nitrogens is 2. The number of rotatable bonds is 1. The van der Waals surface area contributed by atoms with Crippen LogP contribution in [0.2, 0.25) is 0 Å². The third-order valence-corrected chi connectivity index (χ3v) is 4.36. The Bertz CT molecular complexity index is 719. The average molecular weight is 337 g/mol. The van der Waals surface area contributed by atoms with Crippen molar-refractivity contribution in [2.45, 2.75) is 43.9 Å². The monoisotopic (exact) mass is 337 g/mol. The molecule has 2 aromatic rings. The highest BCUT2D eigenvalue weighted by molar-refractivity contribution is 5.59. The number of fused-ring (bicyclic) bond motifs is 2. The van der Waals surface area contributed by atoms with Crippen LogP contribution in [0.15, 0.2) is 41.2 Å². The summed E-state index contributed by atoms with van der Waals surface area (Å²) in [6.07, 6.45) is 1.41. The molecule has 24 heavy (non-hydrogen) atoms. The Hall–Kier alpha value is -2.15. The van der Waals surface area contributed by atoms with Crippen LogP contribution in [0.4, 0.5) is 13.2 Å². The first-order valence-electron chi connectivity index (χ1n) is 7.91. The van der Waals surface area contributed by atoms with Crippen molar-refractivity contribution in [3.8, 4) is 11.3 Å². The van der Waals surface area contributed by atoms with E-state index in [4.69, 9.17) is 0 Å². The molecule has 2 N–H and O–H groups in total. The van der Waals surface area contributed by atoms with Crippen molar-refractivity contribution in [1.82, 2.24) is 15.5 Å². The number of H-pyrrole nitrogens is 1. The highest BCUT2D eigenvalue weighted by atomic mass is 19.4. The normalized spacial score (nSPS) is 22.1. The molecule has 3 heterocycles.